The number of nitrogens with one attached hydrogen (secondary N) is 1. The van der Waals surface area contributed by atoms with Crippen LogP contribution in [0, 0.1) is 0 Å². The van der Waals surface area contributed by atoms with Crippen LogP contribution in [0.5, 0.6) is 5.75 Å². The molecule has 0 saturated carbocycles. The zero-order valence-electron chi connectivity index (χ0n) is 19.6. The SMILES string of the molecule is COc1ccc(Nc2nc(C(=O)N3CCN(C(c4ccccc4)c4ccccc4)CC3)cs2)cc1. The number of anilines is 2. The Hall–Kier alpha value is -3.68. The maximum absolute atomic E-state index is 13.2. The van der Waals surface area contributed by atoms with Crippen molar-refractivity contribution in [2.45, 2.75) is 6.04 Å². The summed E-state index contributed by atoms with van der Waals surface area (Å²) in [5, 5.41) is 5.79. The van der Waals surface area contributed by atoms with Gasteiger partial charge < -0.3 is 15.0 Å². The van der Waals surface area contributed by atoms with Crippen molar-refractivity contribution in [3.05, 3.63) is 107 Å². The van der Waals surface area contributed by atoms with E-state index in [-0.39, 0.29) is 11.9 Å². The van der Waals surface area contributed by atoms with E-state index >= 15 is 0 Å². The molecule has 0 aliphatic carbocycles. The highest BCUT2D eigenvalue weighted by molar-refractivity contribution is 7.14. The lowest BCUT2D eigenvalue weighted by Crippen LogP contribution is -2.50. The maximum Gasteiger partial charge on any atom is 0.273 e. The first-order chi connectivity index (χ1) is 17.2. The highest BCUT2D eigenvalue weighted by Gasteiger charge is 2.29. The van der Waals surface area contributed by atoms with Crippen molar-refractivity contribution >= 4 is 28.1 Å². The number of carbonyl (C=O) groups is 1. The monoisotopic (exact) mass is 484 g/mol. The smallest absolute Gasteiger partial charge is 0.273 e. The largest absolute Gasteiger partial charge is 0.497 e. The molecular formula is C28H28N4O2S. The molecule has 1 aliphatic heterocycles. The van der Waals surface area contributed by atoms with Gasteiger partial charge in [-0.05, 0) is 35.4 Å². The Morgan fingerprint density at radius 3 is 2.06 bits per heavy atom. The van der Waals surface area contributed by atoms with Crippen LogP contribution in [-0.4, -0.2) is 54.0 Å². The fourth-order valence-electron chi connectivity index (χ4n) is 4.46. The number of hydrogen-bond donors (Lipinski definition) is 1. The van der Waals surface area contributed by atoms with Gasteiger partial charge in [0.25, 0.3) is 5.91 Å². The number of aromatic nitrogens is 1. The summed E-state index contributed by atoms with van der Waals surface area (Å²) in [6.45, 7) is 2.96. The van der Waals surface area contributed by atoms with E-state index in [1.165, 1.54) is 22.5 Å². The number of nitrogens with zero attached hydrogens (tertiary/aromatic N) is 3. The third-order valence-electron chi connectivity index (χ3n) is 6.26. The average Bonchev–Trinajstić information content (AvgIpc) is 3.39. The van der Waals surface area contributed by atoms with E-state index < -0.39 is 0 Å². The van der Waals surface area contributed by atoms with Gasteiger partial charge in [-0.15, -0.1) is 11.3 Å². The molecule has 1 saturated heterocycles. The first kappa shape index (κ1) is 23.1. The van der Waals surface area contributed by atoms with Crippen molar-refractivity contribution in [2.24, 2.45) is 0 Å². The molecule has 7 heteroatoms. The van der Waals surface area contributed by atoms with Crippen molar-refractivity contribution in [2.75, 3.05) is 38.6 Å². The molecule has 4 aromatic rings. The lowest BCUT2D eigenvalue weighted by molar-refractivity contribution is 0.0592. The Morgan fingerprint density at radius 2 is 1.49 bits per heavy atom. The van der Waals surface area contributed by atoms with Gasteiger partial charge in [0.1, 0.15) is 11.4 Å². The molecule has 178 valence electrons. The Bertz CT molecular complexity index is 1200. The van der Waals surface area contributed by atoms with Crippen molar-refractivity contribution in [3.8, 4) is 5.75 Å². The highest BCUT2D eigenvalue weighted by Crippen LogP contribution is 2.30. The van der Waals surface area contributed by atoms with Gasteiger partial charge in [0.05, 0.1) is 13.2 Å². The maximum atomic E-state index is 13.2. The molecule has 35 heavy (non-hydrogen) atoms. The van der Waals surface area contributed by atoms with E-state index in [4.69, 9.17) is 4.74 Å². The second-order valence-electron chi connectivity index (χ2n) is 8.44. The molecule has 1 N–H and O–H groups in total. The van der Waals surface area contributed by atoms with Gasteiger partial charge in [-0.1, -0.05) is 60.7 Å². The van der Waals surface area contributed by atoms with E-state index in [0.717, 1.165) is 24.5 Å². The van der Waals surface area contributed by atoms with E-state index in [9.17, 15) is 4.79 Å². The lowest BCUT2D eigenvalue weighted by atomic mass is 9.96. The molecule has 0 radical (unpaired) electrons. The van der Waals surface area contributed by atoms with Crippen molar-refractivity contribution < 1.29 is 9.53 Å². The third-order valence-corrected chi connectivity index (χ3v) is 7.02. The van der Waals surface area contributed by atoms with Crippen LogP contribution in [0.1, 0.15) is 27.7 Å². The molecule has 0 atom stereocenters. The summed E-state index contributed by atoms with van der Waals surface area (Å²) in [7, 11) is 1.64. The third kappa shape index (κ3) is 5.37. The van der Waals surface area contributed by atoms with Crippen LogP contribution in [0.3, 0.4) is 0 Å². The van der Waals surface area contributed by atoms with Crippen LogP contribution in [-0.2, 0) is 0 Å². The Balaban J connectivity index is 1.24. The molecule has 5 rings (SSSR count). The second kappa shape index (κ2) is 10.7. The summed E-state index contributed by atoms with van der Waals surface area (Å²) in [4.78, 5) is 22.1. The average molecular weight is 485 g/mol. The Labute approximate surface area is 209 Å². The predicted octanol–water partition coefficient (Wildman–Crippen LogP) is 5.44. The van der Waals surface area contributed by atoms with E-state index in [1.807, 2.05) is 46.7 Å². The van der Waals surface area contributed by atoms with Gasteiger partial charge in [-0.3, -0.25) is 9.69 Å². The summed E-state index contributed by atoms with van der Waals surface area (Å²) in [6.07, 6.45) is 0. The van der Waals surface area contributed by atoms with Crippen LogP contribution in [0.15, 0.2) is 90.3 Å². The zero-order chi connectivity index (χ0) is 24.0. The number of ether oxygens (including phenoxy) is 1. The van der Waals surface area contributed by atoms with Crippen LogP contribution < -0.4 is 10.1 Å². The molecule has 0 bridgehead atoms. The number of rotatable bonds is 7. The summed E-state index contributed by atoms with van der Waals surface area (Å²) >= 11 is 1.44. The molecule has 1 amide bonds. The van der Waals surface area contributed by atoms with Crippen LogP contribution in [0.2, 0.25) is 0 Å². The van der Waals surface area contributed by atoms with Crippen LogP contribution >= 0.6 is 11.3 Å². The summed E-state index contributed by atoms with van der Waals surface area (Å²) in [5.41, 5.74) is 3.93. The molecule has 6 nitrogen and oxygen atoms in total. The first-order valence-electron chi connectivity index (χ1n) is 11.7. The van der Waals surface area contributed by atoms with E-state index in [2.05, 4.69) is 63.7 Å². The molecule has 2 heterocycles. The number of amides is 1. The van der Waals surface area contributed by atoms with Gasteiger partial charge >= 0.3 is 0 Å². The first-order valence-corrected chi connectivity index (χ1v) is 12.6. The normalized spacial score (nSPS) is 14.2. The predicted molar refractivity (Wildman–Crippen MR) is 141 cm³/mol. The Kier molecular flexibility index (Phi) is 7.07. The minimum Gasteiger partial charge on any atom is -0.497 e. The van der Waals surface area contributed by atoms with Gasteiger partial charge in [0.15, 0.2) is 5.13 Å². The van der Waals surface area contributed by atoms with E-state index in [0.29, 0.717) is 23.9 Å². The lowest BCUT2D eigenvalue weighted by Gasteiger charge is -2.39. The summed E-state index contributed by atoms with van der Waals surface area (Å²) < 4.78 is 5.20. The fourth-order valence-corrected chi connectivity index (χ4v) is 5.16. The second-order valence-corrected chi connectivity index (χ2v) is 9.30. The van der Waals surface area contributed by atoms with Gasteiger partial charge in [0, 0.05) is 37.2 Å². The topological polar surface area (TPSA) is 57.7 Å². The number of benzene rings is 3. The number of thiazole rings is 1. The number of carbonyl (C=O) groups excluding carboxylic acids is 1. The molecule has 1 aliphatic rings. The van der Waals surface area contributed by atoms with E-state index in [1.54, 1.807) is 7.11 Å². The van der Waals surface area contributed by atoms with Gasteiger partial charge in [0.2, 0.25) is 0 Å². The number of hydrogen-bond acceptors (Lipinski definition) is 6. The quantitative estimate of drug-likeness (QED) is 0.378. The van der Waals surface area contributed by atoms with Crippen molar-refractivity contribution in [1.29, 1.82) is 0 Å². The zero-order valence-corrected chi connectivity index (χ0v) is 20.4. The number of piperazine rings is 1. The van der Waals surface area contributed by atoms with Crippen LogP contribution in [0.25, 0.3) is 0 Å². The van der Waals surface area contributed by atoms with Gasteiger partial charge in [-0.2, -0.15) is 0 Å². The fraction of sp³-hybridized carbons (Fsp3) is 0.214. The van der Waals surface area contributed by atoms with Gasteiger partial charge in [-0.25, -0.2) is 4.98 Å². The highest BCUT2D eigenvalue weighted by atomic mass is 32.1. The standard InChI is InChI=1S/C28H28N4O2S/c1-34-24-14-12-23(13-15-24)29-28-30-25(20-35-28)27(33)32-18-16-31(17-19-32)26(21-8-4-2-5-9-21)22-10-6-3-7-11-22/h2-15,20,26H,16-19H2,1H3,(H,29,30). The molecule has 0 unspecified atom stereocenters. The van der Waals surface area contributed by atoms with Crippen molar-refractivity contribution in [1.82, 2.24) is 14.8 Å². The molecule has 3 aromatic carbocycles. The molecule has 0 spiro atoms. The molecular weight excluding hydrogens is 456 g/mol. The minimum absolute atomic E-state index is 0.0142. The Morgan fingerprint density at radius 1 is 0.886 bits per heavy atom. The minimum atomic E-state index is -0.0142. The van der Waals surface area contributed by atoms with Crippen LogP contribution in [0.4, 0.5) is 10.8 Å². The summed E-state index contributed by atoms with van der Waals surface area (Å²) in [6, 6.07) is 29.0. The number of methoxy groups -OCH3 is 1. The summed E-state index contributed by atoms with van der Waals surface area (Å²) in [5.74, 6) is 0.783. The van der Waals surface area contributed by atoms with Crippen molar-refractivity contribution in [3.63, 3.8) is 0 Å². The molecule has 1 fully saturated rings. The molecule has 1 aromatic heterocycles.